The maximum atomic E-state index is 4.77. The number of rotatable bonds is 1. The minimum Gasteiger partial charge on any atom is -0.340 e. The molecule has 0 spiro atoms. The summed E-state index contributed by atoms with van der Waals surface area (Å²) in [6.45, 7) is 2.11. The van der Waals surface area contributed by atoms with Crippen molar-refractivity contribution < 1.29 is 0 Å². The molecule has 0 saturated heterocycles. The Hall–Kier alpha value is -2.16. The number of imidazole rings is 1. The van der Waals surface area contributed by atoms with Crippen molar-refractivity contribution in [2.75, 3.05) is 0 Å². The first-order valence-electron chi connectivity index (χ1n) is 7.72. The first kappa shape index (κ1) is 11.5. The van der Waals surface area contributed by atoms with Crippen molar-refractivity contribution in [1.29, 1.82) is 0 Å². The number of nitrogens with zero attached hydrogens (tertiary/aromatic N) is 2. The van der Waals surface area contributed by atoms with Gasteiger partial charge in [-0.25, -0.2) is 9.97 Å². The van der Waals surface area contributed by atoms with Gasteiger partial charge in [0.25, 0.3) is 0 Å². The number of nitrogens with one attached hydrogen (secondary N) is 1. The smallest absolute Gasteiger partial charge is 0.177 e. The lowest BCUT2D eigenvalue weighted by Crippen LogP contribution is -2.00. The molecule has 2 aromatic heterocycles. The lowest BCUT2D eigenvalue weighted by atomic mass is 9.92. The molecule has 0 aliphatic heterocycles. The Labute approximate surface area is 123 Å². The van der Waals surface area contributed by atoms with Crippen LogP contribution < -0.4 is 0 Å². The van der Waals surface area contributed by atoms with E-state index in [9.17, 15) is 0 Å². The Balaban J connectivity index is 1.59. The molecule has 2 aliphatic rings. The van der Waals surface area contributed by atoms with Crippen LogP contribution in [-0.2, 0) is 6.42 Å². The molecule has 3 unspecified atom stereocenters. The van der Waals surface area contributed by atoms with Crippen LogP contribution in [-0.4, -0.2) is 15.0 Å². The molecular formula is C18H17N3. The fourth-order valence-electron chi connectivity index (χ4n) is 4.15. The highest BCUT2D eigenvalue weighted by atomic mass is 15.0. The Morgan fingerprint density at radius 2 is 2.05 bits per heavy atom. The zero-order chi connectivity index (χ0) is 14.0. The average molecular weight is 275 g/mol. The molecule has 0 bridgehead atoms. The minimum absolute atomic E-state index is 0.558. The highest BCUT2D eigenvalue weighted by Gasteiger charge is 2.55. The summed E-state index contributed by atoms with van der Waals surface area (Å²) in [4.78, 5) is 12.7. The van der Waals surface area contributed by atoms with Crippen LogP contribution in [0, 0.1) is 12.8 Å². The quantitative estimate of drug-likeness (QED) is 0.735. The van der Waals surface area contributed by atoms with Gasteiger partial charge in [-0.2, -0.15) is 0 Å². The molecule has 3 heteroatoms. The predicted octanol–water partition coefficient (Wildman–Crippen LogP) is 3.71. The molecule has 3 nitrogen and oxygen atoms in total. The van der Waals surface area contributed by atoms with Gasteiger partial charge in [0, 0.05) is 12.1 Å². The fourth-order valence-corrected chi connectivity index (χ4v) is 4.15. The van der Waals surface area contributed by atoms with Crippen LogP contribution in [0.4, 0.5) is 0 Å². The van der Waals surface area contributed by atoms with Crippen LogP contribution in [0.3, 0.4) is 0 Å². The predicted molar refractivity (Wildman–Crippen MR) is 82.4 cm³/mol. The van der Waals surface area contributed by atoms with Crippen LogP contribution in [0.5, 0.6) is 0 Å². The number of aryl methyl sites for hydroxylation is 2. The first-order valence-corrected chi connectivity index (χ1v) is 7.72. The summed E-state index contributed by atoms with van der Waals surface area (Å²) in [5.41, 5.74) is 6.27. The summed E-state index contributed by atoms with van der Waals surface area (Å²) < 4.78 is 0. The summed E-state index contributed by atoms with van der Waals surface area (Å²) >= 11 is 0. The van der Waals surface area contributed by atoms with Crippen molar-refractivity contribution in [3.8, 4) is 0 Å². The maximum absolute atomic E-state index is 4.77. The SMILES string of the molecule is Cc1ccnc2nc(C3C4CCc5ccccc5C43)[nH]c12. The molecule has 0 radical (unpaired) electrons. The molecule has 1 aromatic carbocycles. The van der Waals surface area contributed by atoms with Crippen LogP contribution in [0.25, 0.3) is 11.2 Å². The average Bonchev–Trinajstić information content (AvgIpc) is 3.10. The lowest BCUT2D eigenvalue weighted by molar-refractivity contribution is 0.655. The second kappa shape index (κ2) is 3.94. The number of benzene rings is 1. The van der Waals surface area contributed by atoms with Crippen molar-refractivity contribution in [1.82, 2.24) is 15.0 Å². The Bertz CT molecular complexity index is 849. The van der Waals surface area contributed by atoms with E-state index in [1.54, 1.807) is 5.56 Å². The van der Waals surface area contributed by atoms with E-state index in [1.165, 1.54) is 24.0 Å². The summed E-state index contributed by atoms with van der Waals surface area (Å²) in [5.74, 6) is 3.12. The summed E-state index contributed by atoms with van der Waals surface area (Å²) in [6, 6.07) is 11.0. The van der Waals surface area contributed by atoms with Gasteiger partial charge in [0.2, 0.25) is 0 Å². The summed E-state index contributed by atoms with van der Waals surface area (Å²) in [7, 11) is 0. The third-order valence-electron chi connectivity index (χ3n) is 5.26. The Kier molecular flexibility index (Phi) is 2.16. The van der Waals surface area contributed by atoms with Gasteiger partial charge in [0.15, 0.2) is 5.65 Å². The summed E-state index contributed by atoms with van der Waals surface area (Å²) in [6.07, 6.45) is 4.35. The van der Waals surface area contributed by atoms with E-state index in [4.69, 9.17) is 4.98 Å². The molecule has 21 heavy (non-hydrogen) atoms. The van der Waals surface area contributed by atoms with Gasteiger partial charge in [-0.15, -0.1) is 0 Å². The van der Waals surface area contributed by atoms with E-state index >= 15 is 0 Å². The molecule has 2 aliphatic carbocycles. The van der Waals surface area contributed by atoms with E-state index < -0.39 is 0 Å². The van der Waals surface area contributed by atoms with Crippen molar-refractivity contribution in [3.05, 3.63) is 59.0 Å². The number of pyridine rings is 1. The molecule has 104 valence electrons. The van der Waals surface area contributed by atoms with Crippen molar-refractivity contribution in [3.63, 3.8) is 0 Å². The van der Waals surface area contributed by atoms with Gasteiger partial charge in [0.05, 0.1) is 5.52 Å². The highest BCUT2D eigenvalue weighted by Crippen LogP contribution is 2.64. The molecule has 1 N–H and O–H groups in total. The van der Waals surface area contributed by atoms with Crippen LogP contribution in [0.2, 0.25) is 0 Å². The number of aromatic nitrogens is 3. The van der Waals surface area contributed by atoms with E-state index in [-0.39, 0.29) is 0 Å². The standard InChI is InChI=1S/C18H17N3/c1-10-8-9-19-18-16(10)20-17(21-18)15-13-7-6-11-4-2-3-5-12(11)14(13)15/h2-5,8-9,13-15H,6-7H2,1H3,(H,19,20,21). The molecule has 0 amide bonds. The molecule has 3 aromatic rings. The molecule has 1 saturated carbocycles. The monoisotopic (exact) mass is 275 g/mol. The topological polar surface area (TPSA) is 41.6 Å². The van der Waals surface area contributed by atoms with E-state index in [2.05, 4.69) is 41.2 Å². The number of hydrogen-bond acceptors (Lipinski definition) is 2. The Morgan fingerprint density at radius 3 is 2.95 bits per heavy atom. The second-order valence-corrected chi connectivity index (χ2v) is 6.40. The van der Waals surface area contributed by atoms with Gasteiger partial charge in [-0.3, -0.25) is 0 Å². The van der Waals surface area contributed by atoms with Gasteiger partial charge in [-0.1, -0.05) is 24.3 Å². The third kappa shape index (κ3) is 1.54. The molecular weight excluding hydrogens is 258 g/mol. The van der Waals surface area contributed by atoms with Gasteiger partial charge >= 0.3 is 0 Å². The summed E-state index contributed by atoms with van der Waals surface area (Å²) in [5, 5.41) is 0. The van der Waals surface area contributed by atoms with Crippen LogP contribution in [0.1, 0.15) is 40.8 Å². The van der Waals surface area contributed by atoms with Crippen molar-refractivity contribution in [2.24, 2.45) is 5.92 Å². The fraction of sp³-hybridized carbons (Fsp3) is 0.333. The molecule has 1 fully saturated rings. The number of aromatic amines is 1. The highest BCUT2D eigenvalue weighted by molar-refractivity contribution is 5.74. The zero-order valence-corrected chi connectivity index (χ0v) is 12.0. The van der Waals surface area contributed by atoms with Crippen LogP contribution >= 0.6 is 0 Å². The Morgan fingerprint density at radius 1 is 1.14 bits per heavy atom. The molecule has 3 atom stereocenters. The van der Waals surface area contributed by atoms with E-state index in [0.29, 0.717) is 11.8 Å². The van der Waals surface area contributed by atoms with Gasteiger partial charge < -0.3 is 4.98 Å². The maximum Gasteiger partial charge on any atom is 0.177 e. The zero-order valence-electron chi connectivity index (χ0n) is 12.0. The van der Waals surface area contributed by atoms with Gasteiger partial charge in [0.1, 0.15) is 5.82 Å². The van der Waals surface area contributed by atoms with Crippen molar-refractivity contribution in [2.45, 2.75) is 31.6 Å². The first-order chi connectivity index (χ1) is 10.3. The van der Waals surface area contributed by atoms with E-state index in [1.807, 2.05) is 12.3 Å². The van der Waals surface area contributed by atoms with Gasteiger partial charge in [-0.05, 0) is 54.4 Å². The molecule has 2 heterocycles. The largest absolute Gasteiger partial charge is 0.340 e. The third-order valence-corrected chi connectivity index (χ3v) is 5.26. The van der Waals surface area contributed by atoms with E-state index in [0.717, 1.165) is 22.9 Å². The van der Waals surface area contributed by atoms with Crippen LogP contribution in [0.15, 0.2) is 36.5 Å². The normalized spacial score (nSPS) is 26.4. The number of fused-ring (bicyclic) bond motifs is 4. The number of H-pyrrole nitrogens is 1. The number of hydrogen-bond donors (Lipinski definition) is 1. The lowest BCUT2D eigenvalue weighted by Gasteiger charge is -2.13. The molecule has 5 rings (SSSR count). The van der Waals surface area contributed by atoms with Crippen molar-refractivity contribution >= 4 is 11.2 Å². The minimum atomic E-state index is 0.558. The second-order valence-electron chi connectivity index (χ2n) is 6.40.